The molecule has 2 aliphatic rings. The van der Waals surface area contributed by atoms with Crippen LogP contribution in [0.2, 0.25) is 0 Å². The average molecular weight is 334 g/mol. The topological polar surface area (TPSA) is 80.5 Å². The second kappa shape index (κ2) is 5.84. The molecule has 0 spiro atoms. The van der Waals surface area contributed by atoms with Gasteiger partial charge >= 0.3 is 0 Å². The Morgan fingerprint density at radius 1 is 0.920 bits per heavy atom. The fourth-order valence-electron chi connectivity index (χ4n) is 3.71. The van der Waals surface area contributed by atoms with Crippen molar-refractivity contribution in [3.05, 3.63) is 59.2 Å². The van der Waals surface area contributed by atoms with E-state index in [0.717, 1.165) is 11.1 Å². The van der Waals surface area contributed by atoms with Crippen molar-refractivity contribution in [3.63, 3.8) is 0 Å². The number of carbonyl (C=O) groups is 3. The van der Waals surface area contributed by atoms with E-state index >= 15 is 0 Å². The molecule has 0 saturated carbocycles. The summed E-state index contributed by atoms with van der Waals surface area (Å²) in [6.45, 7) is 1.02. The van der Waals surface area contributed by atoms with Gasteiger partial charge in [-0.25, -0.2) is 0 Å². The Morgan fingerprint density at radius 2 is 1.56 bits per heavy atom. The van der Waals surface area contributed by atoms with Crippen LogP contribution in [0, 0.1) is 5.92 Å². The molecule has 1 aliphatic heterocycles. The molecule has 5 nitrogen and oxygen atoms in total. The number of nitrogens with two attached hydrogens (primary N) is 1. The van der Waals surface area contributed by atoms with E-state index in [9.17, 15) is 14.4 Å². The summed E-state index contributed by atoms with van der Waals surface area (Å²) in [5.41, 5.74) is 8.92. The van der Waals surface area contributed by atoms with Gasteiger partial charge < -0.3 is 10.6 Å². The lowest BCUT2D eigenvalue weighted by Crippen LogP contribution is -2.41. The molecule has 0 atom stereocenters. The van der Waals surface area contributed by atoms with Crippen LogP contribution in [0.25, 0.3) is 11.1 Å². The number of ketones is 1. The molecule has 2 amide bonds. The van der Waals surface area contributed by atoms with Crippen LogP contribution >= 0.6 is 0 Å². The fraction of sp³-hybridized carbons (Fsp3) is 0.250. The Labute approximate surface area is 145 Å². The SMILES string of the molecule is NC(=O)C1CCN(C(=O)c2ccc3c(c2)C(=O)c2ccccc2-3)CC1. The molecule has 25 heavy (non-hydrogen) atoms. The van der Waals surface area contributed by atoms with Crippen molar-refractivity contribution in [2.45, 2.75) is 12.8 Å². The van der Waals surface area contributed by atoms with Crippen LogP contribution in [0.3, 0.4) is 0 Å². The maximum absolute atomic E-state index is 12.8. The zero-order valence-electron chi connectivity index (χ0n) is 13.7. The normalized spacial score (nSPS) is 16.5. The second-order valence-corrected chi connectivity index (χ2v) is 6.60. The molecule has 1 heterocycles. The standard InChI is InChI=1S/C20H18N2O3/c21-19(24)12-7-9-22(10-8-12)20(25)13-5-6-15-14-3-1-2-4-16(14)18(23)17(15)11-13/h1-6,11-12H,7-10H2,(H2,21,24). The van der Waals surface area contributed by atoms with Crippen molar-refractivity contribution in [2.75, 3.05) is 13.1 Å². The van der Waals surface area contributed by atoms with Crippen LogP contribution in [0.15, 0.2) is 42.5 Å². The van der Waals surface area contributed by atoms with Gasteiger partial charge in [-0.15, -0.1) is 0 Å². The van der Waals surface area contributed by atoms with Crippen LogP contribution in [0.1, 0.15) is 39.1 Å². The predicted octanol–water partition coefficient (Wildman–Crippen LogP) is 2.24. The van der Waals surface area contributed by atoms with Gasteiger partial charge in [0.05, 0.1) is 0 Å². The van der Waals surface area contributed by atoms with Crippen LogP contribution in [-0.2, 0) is 4.79 Å². The van der Waals surface area contributed by atoms with E-state index in [1.54, 1.807) is 17.0 Å². The van der Waals surface area contributed by atoms with E-state index in [4.69, 9.17) is 5.73 Å². The Morgan fingerprint density at radius 3 is 2.24 bits per heavy atom. The molecule has 1 aliphatic carbocycles. The lowest BCUT2D eigenvalue weighted by molar-refractivity contribution is -0.123. The highest BCUT2D eigenvalue weighted by molar-refractivity contribution is 6.22. The van der Waals surface area contributed by atoms with Crippen molar-refractivity contribution in [3.8, 4) is 11.1 Å². The lowest BCUT2D eigenvalue weighted by Gasteiger charge is -2.30. The number of hydrogen-bond donors (Lipinski definition) is 1. The van der Waals surface area contributed by atoms with Gasteiger partial charge in [-0.2, -0.15) is 0 Å². The number of piperidine rings is 1. The highest BCUT2D eigenvalue weighted by Gasteiger charge is 2.30. The van der Waals surface area contributed by atoms with Gasteiger partial charge in [0, 0.05) is 35.7 Å². The first-order valence-corrected chi connectivity index (χ1v) is 8.43. The fourth-order valence-corrected chi connectivity index (χ4v) is 3.71. The Balaban J connectivity index is 1.59. The number of benzene rings is 2. The number of rotatable bonds is 2. The molecule has 4 rings (SSSR count). The maximum atomic E-state index is 12.8. The molecule has 1 saturated heterocycles. The summed E-state index contributed by atoms with van der Waals surface area (Å²) >= 11 is 0. The Hall–Kier alpha value is -2.95. The smallest absolute Gasteiger partial charge is 0.253 e. The molecule has 126 valence electrons. The Bertz CT molecular complexity index is 896. The summed E-state index contributed by atoms with van der Waals surface area (Å²) < 4.78 is 0. The number of nitrogens with zero attached hydrogens (tertiary/aromatic N) is 1. The van der Waals surface area contributed by atoms with Crippen molar-refractivity contribution in [1.29, 1.82) is 0 Å². The third-order valence-electron chi connectivity index (χ3n) is 5.16. The van der Waals surface area contributed by atoms with Crippen LogP contribution in [0.4, 0.5) is 0 Å². The largest absolute Gasteiger partial charge is 0.369 e. The monoisotopic (exact) mass is 334 g/mol. The number of hydrogen-bond acceptors (Lipinski definition) is 3. The third kappa shape index (κ3) is 2.52. The summed E-state index contributed by atoms with van der Waals surface area (Å²) in [5, 5.41) is 0. The van der Waals surface area contributed by atoms with Crippen LogP contribution < -0.4 is 5.73 Å². The van der Waals surface area contributed by atoms with E-state index in [1.165, 1.54) is 0 Å². The first-order valence-electron chi connectivity index (χ1n) is 8.43. The van der Waals surface area contributed by atoms with Crippen LogP contribution in [0.5, 0.6) is 0 Å². The third-order valence-corrected chi connectivity index (χ3v) is 5.16. The summed E-state index contributed by atoms with van der Waals surface area (Å²) in [6, 6.07) is 12.8. The zero-order valence-corrected chi connectivity index (χ0v) is 13.7. The summed E-state index contributed by atoms with van der Waals surface area (Å²) in [5.74, 6) is -0.588. The van der Waals surface area contributed by atoms with Crippen molar-refractivity contribution in [2.24, 2.45) is 11.7 Å². The minimum Gasteiger partial charge on any atom is -0.369 e. The van der Waals surface area contributed by atoms with E-state index in [2.05, 4.69) is 0 Å². The second-order valence-electron chi connectivity index (χ2n) is 6.60. The van der Waals surface area contributed by atoms with Gasteiger partial charge in [-0.05, 0) is 36.1 Å². The minimum absolute atomic E-state index is 0.0345. The summed E-state index contributed by atoms with van der Waals surface area (Å²) in [7, 11) is 0. The number of amides is 2. The van der Waals surface area contributed by atoms with Gasteiger partial charge in [-0.1, -0.05) is 30.3 Å². The molecule has 2 aromatic rings. The van der Waals surface area contributed by atoms with Gasteiger partial charge in [0.2, 0.25) is 5.91 Å². The molecule has 5 heteroatoms. The molecule has 0 unspecified atom stereocenters. The zero-order chi connectivity index (χ0) is 17.6. The molecule has 2 N–H and O–H groups in total. The summed E-state index contributed by atoms with van der Waals surface area (Å²) in [6.07, 6.45) is 1.19. The number of primary amides is 1. The molecule has 2 aromatic carbocycles. The first-order chi connectivity index (χ1) is 12.1. The van der Waals surface area contributed by atoms with Gasteiger partial charge in [0.15, 0.2) is 5.78 Å². The lowest BCUT2D eigenvalue weighted by atomic mass is 9.95. The minimum atomic E-state index is -0.298. The number of carbonyl (C=O) groups excluding carboxylic acids is 3. The average Bonchev–Trinajstić information content (AvgIpc) is 2.94. The molecular weight excluding hydrogens is 316 g/mol. The van der Waals surface area contributed by atoms with E-state index in [-0.39, 0.29) is 23.5 Å². The highest BCUT2D eigenvalue weighted by atomic mass is 16.2. The van der Waals surface area contributed by atoms with Gasteiger partial charge in [0.1, 0.15) is 0 Å². The van der Waals surface area contributed by atoms with E-state index in [1.807, 2.05) is 30.3 Å². The van der Waals surface area contributed by atoms with Crippen molar-refractivity contribution in [1.82, 2.24) is 4.90 Å². The molecule has 0 aromatic heterocycles. The molecular formula is C20H18N2O3. The van der Waals surface area contributed by atoms with Crippen molar-refractivity contribution >= 4 is 17.6 Å². The van der Waals surface area contributed by atoms with Gasteiger partial charge in [-0.3, -0.25) is 14.4 Å². The number of fused-ring (bicyclic) bond motifs is 3. The molecule has 0 bridgehead atoms. The predicted molar refractivity (Wildman–Crippen MR) is 93.1 cm³/mol. The number of likely N-dealkylation sites (tertiary alicyclic amines) is 1. The van der Waals surface area contributed by atoms with Crippen molar-refractivity contribution < 1.29 is 14.4 Å². The maximum Gasteiger partial charge on any atom is 0.253 e. The molecule has 1 fully saturated rings. The highest BCUT2D eigenvalue weighted by Crippen LogP contribution is 2.37. The quantitative estimate of drug-likeness (QED) is 0.780. The van der Waals surface area contributed by atoms with Gasteiger partial charge in [0.25, 0.3) is 5.91 Å². The molecule has 0 radical (unpaired) electrons. The van der Waals surface area contributed by atoms with Crippen LogP contribution in [-0.4, -0.2) is 35.6 Å². The van der Waals surface area contributed by atoms with E-state index in [0.29, 0.717) is 42.6 Å². The van der Waals surface area contributed by atoms with E-state index < -0.39 is 0 Å². The summed E-state index contributed by atoms with van der Waals surface area (Å²) in [4.78, 5) is 38.3. The Kier molecular flexibility index (Phi) is 3.64. The first kappa shape index (κ1) is 15.6.